The number of aliphatic carboxylic acids is 2. The number of rotatable bonds is 3. The van der Waals surface area contributed by atoms with Gasteiger partial charge in [-0.25, -0.2) is 0 Å². The number of carboxylic acids is 2. The Hall–Kier alpha value is -1.66. The molecule has 0 heterocycles. The molecule has 4 N–H and O–H groups in total. The minimum atomic E-state index is -1.09. The van der Waals surface area contributed by atoms with Crippen LogP contribution in [0.3, 0.4) is 0 Å². The van der Waals surface area contributed by atoms with E-state index in [-0.39, 0.29) is 13.2 Å². The standard InChI is InChI=1S/C10H12O4.C6H12.C2H6O2/c1-9(7(11)12)3-5-10(2,6-4-9)8(13)14;1-2-4-6-5-3-1;3-1-2-4/h3-6H,1-2H3,(H,11,12)(H,13,14);1-6H2;3-4H,1-2H2. The predicted molar refractivity (Wildman–Crippen MR) is 91.6 cm³/mol. The third-order valence-corrected chi connectivity index (χ3v) is 4.07. The number of hydrogen-bond acceptors (Lipinski definition) is 4. The fourth-order valence-corrected chi connectivity index (χ4v) is 2.15. The largest absolute Gasteiger partial charge is 0.480 e. The lowest BCUT2D eigenvalue weighted by atomic mass is 9.77. The molecule has 24 heavy (non-hydrogen) atoms. The normalized spacial score (nSPS) is 28.0. The van der Waals surface area contributed by atoms with E-state index in [0.717, 1.165) is 0 Å². The second-order valence-electron chi connectivity index (χ2n) is 6.41. The van der Waals surface area contributed by atoms with E-state index in [9.17, 15) is 9.59 Å². The molecule has 6 nitrogen and oxygen atoms in total. The van der Waals surface area contributed by atoms with Gasteiger partial charge in [-0.05, 0) is 13.8 Å². The summed E-state index contributed by atoms with van der Waals surface area (Å²) >= 11 is 0. The molecule has 0 atom stereocenters. The Labute approximate surface area is 143 Å². The minimum Gasteiger partial charge on any atom is -0.480 e. The van der Waals surface area contributed by atoms with Crippen LogP contribution in [0.25, 0.3) is 0 Å². The molecule has 0 radical (unpaired) electrons. The molecule has 138 valence electrons. The monoisotopic (exact) mass is 342 g/mol. The number of carboxylic acid groups (broad SMARTS) is 2. The van der Waals surface area contributed by atoms with Crippen LogP contribution in [-0.2, 0) is 9.59 Å². The zero-order valence-corrected chi connectivity index (χ0v) is 14.6. The molecule has 0 amide bonds. The zero-order chi connectivity index (χ0) is 18.6. The molecule has 0 spiro atoms. The van der Waals surface area contributed by atoms with E-state index in [1.165, 1.54) is 76.7 Å². The summed E-state index contributed by atoms with van der Waals surface area (Å²) in [4.78, 5) is 21.6. The van der Waals surface area contributed by atoms with Crippen LogP contribution >= 0.6 is 0 Å². The first-order valence-electron chi connectivity index (χ1n) is 8.31. The molecule has 0 bridgehead atoms. The van der Waals surface area contributed by atoms with E-state index >= 15 is 0 Å². The van der Waals surface area contributed by atoms with Gasteiger partial charge in [0.25, 0.3) is 0 Å². The quantitative estimate of drug-likeness (QED) is 0.586. The van der Waals surface area contributed by atoms with Crippen molar-refractivity contribution in [3.63, 3.8) is 0 Å². The molecular weight excluding hydrogens is 312 g/mol. The summed E-state index contributed by atoms with van der Waals surface area (Å²) in [6.45, 7) is 2.79. The van der Waals surface area contributed by atoms with Crippen LogP contribution in [-0.4, -0.2) is 45.6 Å². The zero-order valence-electron chi connectivity index (χ0n) is 14.6. The van der Waals surface area contributed by atoms with E-state index < -0.39 is 22.8 Å². The molecule has 1 saturated carbocycles. The third kappa shape index (κ3) is 7.75. The second kappa shape index (κ2) is 11.0. The Bertz CT molecular complexity index is 389. The Morgan fingerprint density at radius 2 is 0.917 bits per heavy atom. The Morgan fingerprint density at radius 1 is 0.708 bits per heavy atom. The van der Waals surface area contributed by atoms with Gasteiger partial charge in [0.15, 0.2) is 0 Å². The summed E-state index contributed by atoms with van der Waals surface area (Å²) in [5, 5.41) is 33.0. The molecule has 0 aromatic heterocycles. The highest BCUT2D eigenvalue weighted by atomic mass is 16.4. The summed E-state index contributed by atoms with van der Waals surface area (Å²) in [6, 6.07) is 0. The number of aliphatic hydroxyl groups is 2. The van der Waals surface area contributed by atoms with Crippen molar-refractivity contribution in [1.29, 1.82) is 0 Å². The van der Waals surface area contributed by atoms with Crippen LogP contribution in [0.2, 0.25) is 0 Å². The van der Waals surface area contributed by atoms with Crippen molar-refractivity contribution >= 4 is 11.9 Å². The second-order valence-corrected chi connectivity index (χ2v) is 6.41. The summed E-state index contributed by atoms with van der Waals surface area (Å²) in [7, 11) is 0. The molecule has 0 saturated heterocycles. The number of aliphatic hydroxyl groups excluding tert-OH is 2. The topological polar surface area (TPSA) is 115 Å². The fraction of sp³-hybridized carbons (Fsp3) is 0.667. The first-order valence-corrected chi connectivity index (χ1v) is 8.31. The summed E-state index contributed by atoms with van der Waals surface area (Å²) < 4.78 is 0. The first kappa shape index (κ1) is 22.3. The van der Waals surface area contributed by atoms with Crippen LogP contribution < -0.4 is 0 Å². The molecule has 0 aliphatic heterocycles. The predicted octanol–water partition coefficient (Wildman–Crippen LogP) is 2.61. The van der Waals surface area contributed by atoms with Gasteiger partial charge < -0.3 is 20.4 Å². The van der Waals surface area contributed by atoms with Gasteiger partial charge in [0, 0.05) is 0 Å². The molecular formula is C18H30O6. The maximum atomic E-state index is 10.8. The lowest BCUT2D eigenvalue weighted by Crippen LogP contribution is -2.31. The van der Waals surface area contributed by atoms with Gasteiger partial charge in [0.2, 0.25) is 0 Å². The van der Waals surface area contributed by atoms with Crippen LogP contribution in [0, 0.1) is 10.8 Å². The molecule has 0 aromatic carbocycles. The highest BCUT2D eigenvalue weighted by Gasteiger charge is 2.36. The summed E-state index contributed by atoms with van der Waals surface area (Å²) in [5.41, 5.74) is -2.18. The van der Waals surface area contributed by atoms with Crippen LogP contribution in [0.15, 0.2) is 24.3 Å². The third-order valence-electron chi connectivity index (χ3n) is 4.07. The maximum absolute atomic E-state index is 10.8. The van der Waals surface area contributed by atoms with Crippen molar-refractivity contribution in [3.05, 3.63) is 24.3 Å². The highest BCUT2D eigenvalue weighted by Crippen LogP contribution is 2.33. The van der Waals surface area contributed by atoms with Crippen LogP contribution in [0.5, 0.6) is 0 Å². The highest BCUT2D eigenvalue weighted by molar-refractivity contribution is 5.84. The smallest absolute Gasteiger partial charge is 0.317 e. The molecule has 0 aromatic rings. The molecule has 2 aliphatic carbocycles. The fourth-order valence-electron chi connectivity index (χ4n) is 2.15. The molecule has 2 rings (SSSR count). The van der Waals surface area contributed by atoms with Crippen molar-refractivity contribution in [2.45, 2.75) is 52.4 Å². The maximum Gasteiger partial charge on any atom is 0.317 e. The lowest BCUT2D eigenvalue weighted by molar-refractivity contribution is -0.145. The lowest BCUT2D eigenvalue weighted by Gasteiger charge is -2.26. The van der Waals surface area contributed by atoms with Gasteiger partial charge in [-0.3, -0.25) is 9.59 Å². The van der Waals surface area contributed by atoms with Crippen molar-refractivity contribution in [3.8, 4) is 0 Å². The Balaban J connectivity index is 0.000000433. The van der Waals surface area contributed by atoms with E-state index in [1.54, 1.807) is 0 Å². The Morgan fingerprint density at radius 3 is 1.04 bits per heavy atom. The molecule has 2 aliphatic rings. The van der Waals surface area contributed by atoms with Crippen molar-refractivity contribution in [2.75, 3.05) is 13.2 Å². The van der Waals surface area contributed by atoms with Crippen LogP contribution in [0.1, 0.15) is 52.4 Å². The summed E-state index contributed by atoms with van der Waals surface area (Å²) in [5.74, 6) is -1.98. The van der Waals surface area contributed by atoms with Crippen molar-refractivity contribution < 1.29 is 30.0 Å². The molecule has 0 unspecified atom stereocenters. The SMILES string of the molecule is C1CCCCC1.CC1(C(=O)O)C=CC(C)(C(=O)O)C=C1.OCCO. The van der Waals surface area contributed by atoms with Gasteiger partial charge in [-0.15, -0.1) is 0 Å². The van der Waals surface area contributed by atoms with E-state index in [4.69, 9.17) is 20.4 Å². The van der Waals surface area contributed by atoms with Crippen molar-refractivity contribution in [1.82, 2.24) is 0 Å². The van der Waals surface area contributed by atoms with Gasteiger partial charge >= 0.3 is 11.9 Å². The van der Waals surface area contributed by atoms with E-state index in [2.05, 4.69) is 0 Å². The first-order chi connectivity index (χ1) is 11.2. The van der Waals surface area contributed by atoms with Gasteiger partial charge in [-0.1, -0.05) is 62.8 Å². The Kier molecular flexibility index (Phi) is 10.2. The number of hydrogen-bond donors (Lipinski definition) is 4. The van der Waals surface area contributed by atoms with Crippen LogP contribution in [0.4, 0.5) is 0 Å². The minimum absolute atomic E-state index is 0.125. The molecule has 1 fully saturated rings. The average Bonchev–Trinajstić information content (AvgIpc) is 2.60. The van der Waals surface area contributed by atoms with Gasteiger partial charge in [0.1, 0.15) is 10.8 Å². The van der Waals surface area contributed by atoms with E-state index in [0.29, 0.717) is 0 Å². The number of carbonyl (C=O) groups is 2. The molecule has 6 heteroatoms. The van der Waals surface area contributed by atoms with E-state index in [1.807, 2.05) is 0 Å². The van der Waals surface area contributed by atoms with Crippen molar-refractivity contribution in [2.24, 2.45) is 10.8 Å². The van der Waals surface area contributed by atoms with Gasteiger partial charge in [0.05, 0.1) is 13.2 Å². The van der Waals surface area contributed by atoms with Gasteiger partial charge in [-0.2, -0.15) is 0 Å². The summed E-state index contributed by atoms with van der Waals surface area (Å²) in [6.07, 6.45) is 14.6. The average molecular weight is 342 g/mol.